The molecule has 90 valence electrons. The molecule has 0 radical (unpaired) electrons. The number of halogens is 1. The predicted molar refractivity (Wildman–Crippen MR) is 74.1 cm³/mol. The van der Waals surface area contributed by atoms with Gasteiger partial charge in [-0.1, -0.05) is 24.4 Å². The zero-order valence-corrected chi connectivity index (χ0v) is 11.5. The second-order valence-corrected chi connectivity index (χ2v) is 6.78. The Bertz CT molecular complexity index is 324. The molecular weight excluding hydrogens is 260 g/mol. The van der Waals surface area contributed by atoms with Crippen molar-refractivity contribution in [2.45, 2.75) is 37.0 Å². The maximum Gasteiger partial charge on any atom is 0.0658 e. The molecule has 0 bridgehead atoms. The van der Waals surface area contributed by atoms with Crippen molar-refractivity contribution >= 4 is 34.7 Å². The Morgan fingerprint density at radius 3 is 2.88 bits per heavy atom. The summed E-state index contributed by atoms with van der Waals surface area (Å²) in [5.41, 5.74) is 2.87. The highest BCUT2D eigenvalue weighted by Gasteiger charge is 2.20. The van der Waals surface area contributed by atoms with Crippen LogP contribution in [0, 0.1) is 0 Å². The largest absolute Gasteiger partial charge is 0.271 e. The van der Waals surface area contributed by atoms with Crippen molar-refractivity contribution in [3.63, 3.8) is 0 Å². The van der Waals surface area contributed by atoms with E-state index in [9.17, 15) is 0 Å². The molecule has 2 rings (SSSR count). The van der Waals surface area contributed by atoms with Crippen LogP contribution in [-0.2, 0) is 0 Å². The van der Waals surface area contributed by atoms with Crippen molar-refractivity contribution in [3.05, 3.63) is 21.3 Å². The lowest BCUT2D eigenvalue weighted by Crippen LogP contribution is -2.29. The lowest BCUT2D eigenvalue weighted by molar-refractivity contribution is 0.619. The molecule has 0 amide bonds. The molecule has 1 aromatic rings. The molecule has 2 nitrogen and oxygen atoms in total. The van der Waals surface area contributed by atoms with Gasteiger partial charge in [-0.05, 0) is 24.3 Å². The van der Waals surface area contributed by atoms with Gasteiger partial charge in [-0.15, -0.1) is 11.3 Å². The SMILES string of the molecule is NNC(CSC1CCCC1)c1sccc1Cl. The first-order valence-corrected chi connectivity index (χ1v) is 7.92. The molecule has 1 unspecified atom stereocenters. The van der Waals surface area contributed by atoms with Crippen LogP contribution < -0.4 is 11.3 Å². The molecule has 0 aliphatic heterocycles. The fraction of sp³-hybridized carbons (Fsp3) is 0.636. The smallest absolute Gasteiger partial charge is 0.0658 e. The summed E-state index contributed by atoms with van der Waals surface area (Å²) in [4.78, 5) is 1.16. The van der Waals surface area contributed by atoms with Crippen LogP contribution >= 0.6 is 34.7 Å². The van der Waals surface area contributed by atoms with Gasteiger partial charge < -0.3 is 0 Å². The minimum atomic E-state index is 0.193. The molecule has 1 fully saturated rings. The molecule has 0 saturated heterocycles. The van der Waals surface area contributed by atoms with Crippen LogP contribution in [0.4, 0.5) is 0 Å². The van der Waals surface area contributed by atoms with Crippen molar-refractivity contribution in [2.24, 2.45) is 5.84 Å². The summed E-state index contributed by atoms with van der Waals surface area (Å²) in [5, 5.41) is 3.68. The van der Waals surface area contributed by atoms with E-state index in [-0.39, 0.29) is 6.04 Å². The van der Waals surface area contributed by atoms with Crippen LogP contribution in [0.25, 0.3) is 0 Å². The predicted octanol–water partition coefficient (Wildman–Crippen LogP) is 3.58. The summed E-state index contributed by atoms with van der Waals surface area (Å²) in [7, 11) is 0. The first-order chi connectivity index (χ1) is 7.81. The highest BCUT2D eigenvalue weighted by Crippen LogP contribution is 2.35. The quantitative estimate of drug-likeness (QED) is 0.638. The fourth-order valence-electron chi connectivity index (χ4n) is 2.04. The average molecular weight is 277 g/mol. The lowest BCUT2D eigenvalue weighted by Gasteiger charge is -2.17. The van der Waals surface area contributed by atoms with E-state index in [0.29, 0.717) is 0 Å². The lowest BCUT2D eigenvalue weighted by atomic mass is 10.3. The second kappa shape index (κ2) is 6.26. The monoisotopic (exact) mass is 276 g/mol. The van der Waals surface area contributed by atoms with Gasteiger partial charge >= 0.3 is 0 Å². The van der Waals surface area contributed by atoms with Crippen molar-refractivity contribution in [3.8, 4) is 0 Å². The van der Waals surface area contributed by atoms with Crippen molar-refractivity contribution < 1.29 is 0 Å². The molecule has 16 heavy (non-hydrogen) atoms. The molecule has 1 aliphatic rings. The maximum atomic E-state index is 6.11. The maximum absolute atomic E-state index is 6.11. The number of nitrogens with one attached hydrogen (secondary N) is 1. The van der Waals surface area contributed by atoms with E-state index in [1.807, 2.05) is 23.2 Å². The Labute approximate surface area is 110 Å². The summed E-state index contributed by atoms with van der Waals surface area (Å²) in [6, 6.07) is 2.13. The topological polar surface area (TPSA) is 38.0 Å². The molecule has 5 heteroatoms. The molecule has 0 aromatic carbocycles. The molecule has 0 spiro atoms. The Balaban J connectivity index is 1.88. The second-order valence-electron chi connectivity index (χ2n) is 4.09. The first-order valence-electron chi connectivity index (χ1n) is 5.62. The number of thioether (sulfide) groups is 1. The van der Waals surface area contributed by atoms with Crippen molar-refractivity contribution in [2.75, 3.05) is 5.75 Å². The van der Waals surface area contributed by atoms with E-state index < -0.39 is 0 Å². The van der Waals surface area contributed by atoms with E-state index in [4.69, 9.17) is 17.4 Å². The average Bonchev–Trinajstić information content (AvgIpc) is 2.92. The Hall–Kier alpha value is 0.260. The van der Waals surface area contributed by atoms with Gasteiger partial charge in [-0.3, -0.25) is 11.3 Å². The van der Waals surface area contributed by atoms with Gasteiger partial charge in [0.2, 0.25) is 0 Å². The third kappa shape index (κ3) is 3.14. The summed E-state index contributed by atoms with van der Waals surface area (Å²) in [5.74, 6) is 6.62. The zero-order chi connectivity index (χ0) is 11.4. The number of hydrogen-bond donors (Lipinski definition) is 2. The highest BCUT2D eigenvalue weighted by atomic mass is 35.5. The van der Waals surface area contributed by atoms with E-state index in [2.05, 4.69) is 5.43 Å². The number of rotatable bonds is 5. The van der Waals surface area contributed by atoms with Crippen LogP contribution in [0.15, 0.2) is 11.4 Å². The fourth-order valence-corrected chi connectivity index (χ4v) is 4.79. The van der Waals surface area contributed by atoms with Crippen LogP contribution in [0.3, 0.4) is 0 Å². The van der Waals surface area contributed by atoms with E-state index in [1.165, 1.54) is 25.7 Å². The van der Waals surface area contributed by atoms with E-state index in [0.717, 1.165) is 20.9 Å². The molecule has 1 aromatic heterocycles. The van der Waals surface area contributed by atoms with Gasteiger partial charge in [0, 0.05) is 15.9 Å². The van der Waals surface area contributed by atoms with Gasteiger partial charge in [-0.25, -0.2) is 0 Å². The third-order valence-electron chi connectivity index (χ3n) is 2.96. The Kier molecular flexibility index (Phi) is 4.97. The van der Waals surface area contributed by atoms with Crippen LogP contribution in [-0.4, -0.2) is 11.0 Å². The first kappa shape index (κ1) is 12.7. The molecule has 1 aliphatic carbocycles. The number of hydrazine groups is 1. The van der Waals surface area contributed by atoms with Crippen LogP contribution in [0.5, 0.6) is 0 Å². The van der Waals surface area contributed by atoms with E-state index in [1.54, 1.807) is 11.3 Å². The standard InChI is InChI=1S/C11H17ClN2S2/c12-9-5-6-15-11(9)10(14-13)7-16-8-3-1-2-4-8/h5-6,8,10,14H,1-4,7,13H2. The van der Waals surface area contributed by atoms with Crippen molar-refractivity contribution in [1.82, 2.24) is 5.43 Å². The number of nitrogens with two attached hydrogens (primary N) is 1. The molecule has 1 atom stereocenters. The summed E-state index contributed by atoms with van der Waals surface area (Å²) >= 11 is 9.82. The number of thiophene rings is 1. The van der Waals surface area contributed by atoms with Gasteiger partial charge in [0.05, 0.1) is 11.1 Å². The Morgan fingerprint density at radius 1 is 1.56 bits per heavy atom. The van der Waals surface area contributed by atoms with Gasteiger partial charge in [0.25, 0.3) is 0 Å². The molecule has 1 heterocycles. The minimum Gasteiger partial charge on any atom is -0.271 e. The van der Waals surface area contributed by atoms with Gasteiger partial charge in [-0.2, -0.15) is 11.8 Å². The van der Waals surface area contributed by atoms with E-state index >= 15 is 0 Å². The van der Waals surface area contributed by atoms with Gasteiger partial charge in [0.15, 0.2) is 0 Å². The van der Waals surface area contributed by atoms with Gasteiger partial charge in [0.1, 0.15) is 0 Å². The summed E-state index contributed by atoms with van der Waals surface area (Å²) in [6.07, 6.45) is 5.50. The highest BCUT2D eigenvalue weighted by molar-refractivity contribution is 7.99. The Morgan fingerprint density at radius 2 is 2.31 bits per heavy atom. The third-order valence-corrected chi connectivity index (χ3v) is 5.90. The van der Waals surface area contributed by atoms with Crippen molar-refractivity contribution in [1.29, 1.82) is 0 Å². The summed E-state index contributed by atoms with van der Waals surface area (Å²) < 4.78 is 0. The molecule has 3 N–H and O–H groups in total. The zero-order valence-electron chi connectivity index (χ0n) is 9.12. The minimum absolute atomic E-state index is 0.193. The number of hydrogen-bond acceptors (Lipinski definition) is 4. The molecule has 1 saturated carbocycles. The van der Waals surface area contributed by atoms with Crippen LogP contribution in [0.1, 0.15) is 36.6 Å². The molecular formula is C11H17ClN2S2. The summed E-state index contributed by atoms with van der Waals surface area (Å²) in [6.45, 7) is 0. The normalized spacial score (nSPS) is 19.1. The van der Waals surface area contributed by atoms with Crippen LogP contribution in [0.2, 0.25) is 5.02 Å².